The van der Waals surface area contributed by atoms with Crippen LogP contribution < -0.4 is 9.64 Å². The van der Waals surface area contributed by atoms with Crippen LogP contribution in [-0.2, 0) is 17.5 Å². The van der Waals surface area contributed by atoms with Crippen molar-refractivity contribution in [2.24, 2.45) is 0 Å². The number of piperazine rings is 1. The van der Waals surface area contributed by atoms with Crippen molar-refractivity contribution < 1.29 is 22.6 Å². The maximum Gasteiger partial charge on any atom is 0.416 e. The highest BCUT2D eigenvalue weighted by Crippen LogP contribution is 2.35. The second-order valence-electron chi connectivity index (χ2n) is 7.97. The molecule has 1 aliphatic rings. The number of anilines is 1. The average molecular weight is 477 g/mol. The molecule has 0 amide bonds. The topological polar surface area (TPSA) is 68.5 Å². The fourth-order valence-electron chi connectivity index (χ4n) is 4.25. The quantitative estimate of drug-likeness (QED) is 0.494. The first kappa shape index (κ1) is 24.0. The summed E-state index contributed by atoms with van der Waals surface area (Å²) in [4.78, 5) is 4.20. The van der Waals surface area contributed by atoms with Gasteiger partial charge in [0.2, 0.25) is 0 Å². The van der Waals surface area contributed by atoms with Crippen LogP contribution in [0.15, 0.2) is 48.5 Å². The Kier molecular flexibility index (Phi) is 7.32. The van der Waals surface area contributed by atoms with E-state index in [9.17, 15) is 13.2 Å². The van der Waals surface area contributed by atoms with E-state index < -0.39 is 11.7 Å². The number of ether oxygens (including phenoxy) is 2. The Balaban J connectivity index is 1.60. The lowest BCUT2D eigenvalue weighted by molar-refractivity contribution is -0.137. The molecule has 182 valence electrons. The number of benzene rings is 2. The molecule has 1 atom stereocenters. The molecule has 3 aromatic rings. The SMILES string of the molecule is COCCn1nnnc1C(c1ccccc1OC)N1CCN(c2cccc(C(F)(F)F)c2)CC1. The van der Waals surface area contributed by atoms with Crippen molar-refractivity contribution in [2.45, 2.75) is 18.8 Å². The van der Waals surface area contributed by atoms with E-state index in [1.54, 1.807) is 25.0 Å². The third-order valence-electron chi connectivity index (χ3n) is 5.96. The number of rotatable bonds is 8. The van der Waals surface area contributed by atoms with Crippen LogP contribution in [0, 0.1) is 0 Å². The number of nitrogens with zero attached hydrogens (tertiary/aromatic N) is 6. The standard InChI is InChI=1S/C23H27F3N6O2/c1-33-15-14-32-22(27-28-29-32)21(19-8-3-4-9-20(19)34-2)31-12-10-30(11-13-31)18-7-5-6-17(16-18)23(24,25)26/h3-9,16,21H,10-15H2,1-2H3. The molecule has 11 heteroatoms. The zero-order chi connectivity index (χ0) is 24.1. The number of hydrogen-bond acceptors (Lipinski definition) is 7. The van der Waals surface area contributed by atoms with Gasteiger partial charge in [0.1, 0.15) is 11.8 Å². The number of methoxy groups -OCH3 is 2. The summed E-state index contributed by atoms with van der Waals surface area (Å²) in [7, 11) is 3.24. The molecule has 1 aromatic heterocycles. The summed E-state index contributed by atoms with van der Waals surface area (Å²) in [5, 5.41) is 12.3. The largest absolute Gasteiger partial charge is 0.496 e. The van der Waals surface area contributed by atoms with Crippen LogP contribution in [0.5, 0.6) is 5.75 Å². The number of tetrazole rings is 1. The lowest BCUT2D eigenvalue weighted by atomic mass is 10.0. The predicted octanol–water partition coefficient (Wildman–Crippen LogP) is 3.26. The van der Waals surface area contributed by atoms with E-state index in [1.165, 1.54) is 12.1 Å². The van der Waals surface area contributed by atoms with Gasteiger partial charge in [0.25, 0.3) is 0 Å². The Morgan fingerprint density at radius 2 is 1.76 bits per heavy atom. The summed E-state index contributed by atoms with van der Waals surface area (Å²) in [6, 6.07) is 12.9. The fraction of sp³-hybridized carbons (Fsp3) is 0.435. The van der Waals surface area contributed by atoms with Gasteiger partial charge in [-0.25, -0.2) is 4.68 Å². The van der Waals surface area contributed by atoms with Crippen molar-refractivity contribution in [3.8, 4) is 5.75 Å². The van der Waals surface area contributed by atoms with Gasteiger partial charge in [-0.05, 0) is 34.7 Å². The second kappa shape index (κ2) is 10.4. The van der Waals surface area contributed by atoms with Crippen molar-refractivity contribution in [2.75, 3.05) is 51.9 Å². The molecule has 0 saturated carbocycles. The molecule has 0 N–H and O–H groups in total. The van der Waals surface area contributed by atoms with Crippen LogP contribution in [0.4, 0.5) is 18.9 Å². The predicted molar refractivity (Wildman–Crippen MR) is 120 cm³/mol. The van der Waals surface area contributed by atoms with Crippen LogP contribution in [-0.4, -0.2) is 72.1 Å². The Hall–Kier alpha value is -3.18. The smallest absolute Gasteiger partial charge is 0.416 e. The van der Waals surface area contributed by atoms with Crippen molar-refractivity contribution in [3.05, 3.63) is 65.5 Å². The van der Waals surface area contributed by atoms with Crippen LogP contribution in [0.3, 0.4) is 0 Å². The normalized spacial score (nSPS) is 16.0. The van der Waals surface area contributed by atoms with Crippen molar-refractivity contribution in [1.29, 1.82) is 0 Å². The first-order chi connectivity index (χ1) is 16.4. The van der Waals surface area contributed by atoms with E-state index >= 15 is 0 Å². The monoisotopic (exact) mass is 476 g/mol. The van der Waals surface area contributed by atoms with Gasteiger partial charge >= 0.3 is 6.18 Å². The van der Waals surface area contributed by atoms with Gasteiger partial charge in [-0.2, -0.15) is 13.2 Å². The van der Waals surface area contributed by atoms with E-state index in [0.717, 1.165) is 11.6 Å². The molecule has 2 aromatic carbocycles. The third-order valence-corrected chi connectivity index (χ3v) is 5.96. The molecule has 0 aliphatic carbocycles. The Morgan fingerprint density at radius 1 is 1.00 bits per heavy atom. The summed E-state index contributed by atoms with van der Waals surface area (Å²) in [5.74, 6) is 1.38. The molecule has 1 fully saturated rings. The van der Waals surface area contributed by atoms with E-state index in [1.807, 2.05) is 29.2 Å². The van der Waals surface area contributed by atoms with Crippen LogP contribution in [0.25, 0.3) is 0 Å². The summed E-state index contributed by atoms with van der Waals surface area (Å²) in [6.45, 7) is 3.29. The van der Waals surface area contributed by atoms with Gasteiger partial charge in [0.05, 0.1) is 25.8 Å². The highest BCUT2D eigenvalue weighted by Gasteiger charge is 2.34. The summed E-state index contributed by atoms with van der Waals surface area (Å²) < 4.78 is 52.1. The zero-order valence-electron chi connectivity index (χ0n) is 19.1. The van der Waals surface area contributed by atoms with Crippen molar-refractivity contribution in [1.82, 2.24) is 25.1 Å². The highest BCUT2D eigenvalue weighted by atomic mass is 19.4. The summed E-state index contributed by atoms with van der Waals surface area (Å²) >= 11 is 0. The van der Waals surface area contributed by atoms with Gasteiger partial charge in [0.15, 0.2) is 5.82 Å². The minimum atomic E-state index is -4.37. The lowest BCUT2D eigenvalue weighted by Gasteiger charge is -2.40. The molecule has 1 unspecified atom stereocenters. The maximum absolute atomic E-state index is 13.2. The molecule has 1 aliphatic heterocycles. The highest BCUT2D eigenvalue weighted by molar-refractivity contribution is 5.50. The molecule has 0 bridgehead atoms. The minimum absolute atomic E-state index is 0.285. The Bertz CT molecular complexity index is 1080. The first-order valence-corrected chi connectivity index (χ1v) is 11.0. The number of alkyl halides is 3. The molecule has 2 heterocycles. The molecule has 4 rings (SSSR count). The molecule has 8 nitrogen and oxygen atoms in total. The van der Waals surface area contributed by atoms with Crippen molar-refractivity contribution >= 4 is 5.69 Å². The van der Waals surface area contributed by atoms with Crippen molar-refractivity contribution in [3.63, 3.8) is 0 Å². The fourth-order valence-corrected chi connectivity index (χ4v) is 4.25. The molecule has 0 spiro atoms. The van der Waals surface area contributed by atoms with Gasteiger partial charge < -0.3 is 14.4 Å². The van der Waals surface area contributed by atoms with Gasteiger partial charge in [-0.15, -0.1) is 5.10 Å². The third kappa shape index (κ3) is 5.15. The van der Waals surface area contributed by atoms with Gasteiger partial charge in [-0.1, -0.05) is 24.3 Å². The summed E-state index contributed by atoms with van der Waals surface area (Å²) in [6.07, 6.45) is -4.37. The van der Waals surface area contributed by atoms with E-state index in [-0.39, 0.29) is 6.04 Å². The number of para-hydroxylation sites is 1. The number of hydrogen-bond donors (Lipinski definition) is 0. The zero-order valence-corrected chi connectivity index (χ0v) is 19.1. The van der Waals surface area contributed by atoms with Crippen LogP contribution in [0.2, 0.25) is 0 Å². The molecule has 1 saturated heterocycles. The molecule has 34 heavy (non-hydrogen) atoms. The van der Waals surface area contributed by atoms with E-state index in [4.69, 9.17) is 9.47 Å². The minimum Gasteiger partial charge on any atom is -0.496 e. The first-order valence-electron chi connectivity index (χ1n) is 11.0. The number of halogens is 3. The molecular formula is C23H27F3N6O2. The Labute approximate surface area is 195 Å². The lowest BCUT2D eigenvalue weighted by Crippen LogP contribution is -2.48. The van der Waals surface area contributed by atoms with E-state index in [0.29, 0.717) is 56.6 Å². The summed E-state index contributed by atoms with van der Waals surface area (Å²) in [5.41, 5.74) is 0.843. The van der Waals surface area contributed by atoms with Gasteiger partial charge in [0, 0.05) is 44.5 Å². The Morgan fingerprint density at radius 3 is 2.47 bits per heavy atom. The molecular weight excluding hydrogens is 449 g/mol. The molecule has 0 radical (unpaired) electrons. The van der Waals surface area contributed by atoms with Crippen LogP contribution >= 0.6 is 0 Å². The second-order valence-corrected chi connectivity index (χ2v) is 7.97. The van der Waals surface area contributed by atoms with E-state index in [2.05, 4.69) is 20.4 Å². The number of aromatic nitrogens is 4. The maximum atomic E-state index is 13.2. The van der Waals surface area contributed by atoms with Gasteiger partial charge in [-0.3, -0.25) is 4.90 Å². The van der Waals surface area contributed by atoms with Crippen LogP contribution in [0.1, 0.15) is 23.0 Å². The average Bonchev–Trinajstić information content (AvgIpc) is 3.31.